The van der Waals surface area contributed by atoms with E-state index in [-0.39, 0.29) is 0 Å². The summed E-state index contributed by atoms with van der Waals surface area (Å²) in [6, 6.07) is 0. The quantitative estimate of drug-likeness (QED) is 0.854. The second-order valence-corrected chi connectivity index (χ2v) is 5.14. The maximum Gasteiger partial charge on any atom is 0.240 e. The molecule has 0 aromatic carbocycles. The van der Waals surface area contributed by atoms with Crippen LogP contribution in [0, 0.1) is 0 Å². The van der Waals surface area contributed by atoms with Crippen LogP contribution in [0.2, 0.25) is 0 Å². The molecule has 0 radical (unpaired) electrons. The van der Waals surface area contributed by atoms with Crippen molar-refractivity contribution in [3.63, 3.8) is 0 Å². The number of hydrogen-bond donors (Lipinski definition) is 0. The maximum atomic E-state index is 5.40. The van der Waals surface area contributed by atoms with Crippen LogP contribution < -0.4 is 4.74 Å². The van der Waals surface area contributed by atoms with Crippen LogP contribution in [0.4, 0.5) is 0 Å². The molecule has 2 aromatic heterocycles. The normalized spacial score (nSPS) is 17.2. The Hall–Kier alpha value is -1.14. The second kappa shape index (κ2) is 4.85. The summed E-state index contributed by atoms with van der Waals surface area (Å²) in [5, 5.41) is 0. The smallest absolute Gasteiger partial charge is 0.240 e. The number of fused-ring (bicyclic) bond motifs is 1. The van der Waals surface area contributed by atoms with Crippen molar-refractivity contribution in [2.75, 3.05) is 20.3 Å². The van der Waals surface area contributed by atoms with Crippen LogP contribution in [0.25, 0.3) is 5.52 Å². The molecule has 1 saturated heterocycles. The summed E-state index contributed by atoms with van der Waals surface area (Å²) in [5.41, 5.74) is 0.905. The van der Waals surface area contributed by atoms with Crippen molar-refractivity contribution in [1.82, 2.24) is 14.4 Å². The molecule has 0 spiro atoms. The molecule has 3 heterocycles. The fourth-order valence-electron chi connectivity index (χ4n) is 2.37. The van der Waals surface area contributed by atoms with Crippen LogP contribution in [-0.4, -0.2) is 34.7 Å². The molecular formula is C12H14BrN3O2. The van der Waals surface area contributed by atoms with Gasteiger partial charge < -0.3 is 9.47 Å². The van der Waals surface area contributed by atoms with Gasteiger partial charge in [0.2, 0.25) is 5.88 Å². The minimum Gasteiger partial charge on any atom is -0.479 e. The number of methoxy groups -OCH3 is 1. The summed E-state index contributed by atoms with van der Waals surface area (Å²) in [6.45, 7) is 1.62. The Morgan fingerprint density at radius 1 is 1.44 bits per heavy atom. The number of ether oxygens (including phenoxy) is 2. The van der Waals surface area contributed by atoms with Gasteiger partial charge in [0.1, 0.15) is 15.9 Å². The number of rotatable bonds is 2. The summed E-state index contributed by atoms with van der Waals surface area (Å²) >= 11 is 3.40. The monoisotopic (exact) mass is 311 g/mol. The number of aromatic nitrogens is 3. The van der Waals surface area contributed by atoms with Gasteiger partial charge >= 0.3 is 0 Å². The first kappa shape index (κ1) is 11.9. The van der Waals surface area contributed by atoms with Crippen LogP contribution in [0.1, 0.15) is 24.6 Å². The first-order chi connectivity index (χ1) is 8.79. The molecule has 6 heteroatoms. The van der Waals surface area contributed by atoms with E-state index in [9.17, 15) is 0 Å². The summed E-state index contributed by atoms with van der Waals surface area (Å²) in [5.74, 6) is 2.10. The molecular weight excluding hydrogens is 298 g/mol. The van der Waals surface area contributed by atoms with Gasteiger partial charge in [0.15, 0.2) is 0 Å². The highest BCUT2D eigenvalue weighted by Gasteiger charge is 2.21. The van der Waals surface area contributed by atoms with Crippen molar-refractivity contribution in [2.45, 2.75) is 18.8 Å². The molecule has 0 N–H and O–H groups in total. The first-order valence-electron chi connectivity index (χ1n) is 5.95. The van der Waals surface area contributed by atoms with E-state index in [4.69, 9.17) is 9.47 Å². The van der Waals surface area contributed by atoms with E-state index in [2.05, 4.69) is 30.3 Å². The lowest BCUT2D eigenvalue weighted by Gasteiger charge is -2.21. The molecule has 1 aliphatic heterocycles. The minimum absolute atomic E-state index is 0.445. The number of hydrogen-bond acceptors (Lipinski definition) is 4. The Kier molecular flexibility index (Phi) is 3.22. The van der Waals surface area contributed by atoms with E-state index in [1.807, 2.05) is 12.4 Å². The summed E-state index contributed by atoms with van der Waals surface area (Å²) in [4.78, 5) is 8.82. The third-order valence-corrected chi connectivity index (χ3v) is 3.65. The standard InChI is InChI=1S/C12H14BrN3O2/c1-17-12-9-6-14-11(8-2-4-18-5-3-8)16(9)7-10(13)15-12/h6-8H,2-5H2,1H3. The average Bonchev–Trinajstić information content (AvgIpc) is 2.82. The van der Waals surface area contributed by atoms with E-state index < -0.39 is 0 Å². The predicted molar refractivity (Wildman–Crippen MR) is 70.0 cm³/mol. The van der Waals surface area contributed by atoms with E-state index >= 15 is 0 Å². The van der Waals surface area contributed by atoms with Crippen molar-refractivity contribution < 1.29 is 9.47 Å². The SMILES string of the molecule is COc1nc(Br)cn2c(C3CCOCC3)ncc12. The molecule has 1 fully saturated rings. The van der Waals surface area contributed by atoms with Gasteiger partial charge in [0.25, 0.3) is 0 Å². The second-order valence-electron chi connectivity index (χ2n) is 4.33. The molecule has 0 bridgehead atoms. The Morgan fingerprint density at radius 3 is 2.94 bits per heavy atom. The Labute approximate surface area is 113 Å². The molecule has 0 saturated carbocycles. The summed E-state index contributed by atoms with van der Waals surface area (Å²) in [7, 11) is 1.62. The molecule has 1 aliphatic rings. The Morgan fingerprint density at radius 2 is 2.22 bits per heavy atom. The zero-order valence-electron chi connectivity index (χ0n) is 10.1. The fraction of sp³-hybridized carbons (Fsp3) is 0.500. The van der Waals surface area contributed by atoms with Gasteiger partial charge in [0.05, 0.1) is 13.3 Å². The predicted octanol–water partition coefficient (Wildman–Crippen LogP) is 2.39. The Bertz CT molecular complexity index is 564. The lowest BCUT2D eigenvalue weighted by molar-refractivity contribution is 0.0835. The zero-order chi connectivity index (χ0) is 12.5. The molecule has 0 aliphatic carbocycles. The molecule has 18 heavy (non-hydrogen) atoms. The topological polar surface area (TPSA) is 48.7 Å². The van der Waals surface area contributed by atoms with Crippen molar-refractivity contribution >= 4 is 21.4 Å². The van der Waals surface area contributed by atoms with Crippen LogP contribution in [0.3, 0.4) is 0 Å². The number of imidazole rings is 1. The molecule has 2 aromatic rings. The number of nitrogens with zero attached hydrogens (tertiary/aromatic N) is 3. The molecule has 3 rings (SSSR count). The van der Waals surface area contributed by atoms with Gasteiger partial charge in [-0.3, -0.25) is 4.40 Å². The number of halogens is 1. The molecule has 0 unspecified atom stereocenters. The molecule has 0 amide bonds. The van der Waals surface area contributed by atoms with Gasteiger partial charge in [-0.05, 0) is 28.8 Å². The maximum absolute atomic E-state index is 5.40. The van der Waals surface area contributed by atoms with Gasteiger partial charge in [-0.1, -0.05) is 0 Å². The van der Waals surface area contributed by atoms with Crippen molar-refractivity contribution in [3.05, 3.63) is 22.8 Å². The van der Waals surface area contributed by atoms with Gasteiger partial charge in [-0.15, -0.1) is 0 Å². The first-order valence-corrected chi connectivity index (χ1v) is 6.74. The molecule has 5 nitrogen and oxygen atoms in total. The van der Waals surface area contributed by atoms with Crippen molar-refractivity contribution in [1.29, 1.82) is 0 Å². The largest absolute Gasteiger partial charge is 0.479 e. The van der Waals surface area contributed by atoms with Crippen LogP contribution in [0.15, 0.2) is 17.0 Å². The molecule has 0 atom stereocenters. The summed E-state index contributed by atoms with van der Waals surface area (Å²) in [6.07, 6.45) is 5.79. The van der Waals surface area contributed by atoms with Crippen LogP contribution in [0.5, 0.6) is 5.88 Å². The van der Waals surface area contributed by atoms with Gasteiger partial charge in [-0.25, -0.2) is 9.97 Å². The fourth-order valence-corrected chi connectivity index (χ4v) is 2.73. The third-order valence-electron chi connectivity index (χ3n) is 3.27. The zero-order valence-corrected chi connectivity index (χ0v) is 11.7. The van der Waals surface area contributed by atoms with Gasteiger partial charge in [-0.2, -0.15) is 0 Å². The van der Waals surface area contributed by atoms with E-state index in [1.165, 1.54) is 0 Å². The average molecular weight is 312 g/mol. The minimum atomic E-state index is 0.445. The Balaban J connectivity index is 2.10. The van der Waals surface area contributed by atoms with E-state index in [0.29, 0.717) is 11.8 Å². The lowest BCUT2D eigenvalue weighted by atomic mass is 10.00. The highest BCUT2D eigenvalue weighted by Crippen LogP contribution is 2.29. The van der Waals surface area contributed by atoms with Crippen LogP contribution in [-0.2, 0) is 4.74 Å². The van der Waals surface area contributed by atoms with Crippen molar-refractivity contribution in [3.8, 4) is 5.88 Å². The lowest BCUT2D eigenvalue weighted by Crippen LogP contribution is -2.16. The highest BCUT2D eigenvalue weighted by molar-refractivity contribution is 9.10. The van der Waals surface area contributed by atoms with Gasteiger partial charge in [0, 0.05) is 25.3 Å². The van der Waals surface area contributed by atoms with E-state index in [0.717, 1.165) is 42.0 Å². The molecule has 96 valence electrons. The third kappa shape index (κ3) is 1.99. The van der Waals surface area contributed by atoms with Crippen molar-refractivity contribution in [2.24, 2.45) is 0 Å². The van der Waals surface area contributed by atoms with E-state index in [1.54, 1.807) is 7.11 Å². The van der Waals surface area contributed by atoms with Crippen LogP contribution >= 0.6 is 15.9 Å². The highest BCUT2D eigenvalue weighted by atomic mass is 79.9. The summed E-state index contributed by atoms with van der Waals surface area (Å²) < 4.78 is 13.5.